The molecule has 0 atom stereocenters. The second-order valence-electron chi connectivity index (χ2n) is 4.79. The Morgan fingerprint density at radius 2 is 1.95 bits per heavy atom. The summed E-state index contributed by atoms with van der Waals surface area (Å²) in [5.74, 6) is 0. The van der Waals surface area contributed by atoms with Gasteiger partial charge >= 0.3 is 6.18 Å². The molecule has 0 radical (unpaired) electrons. The summed E-state index contributed by atoms with van der Waals surface area (Å²) in [6.45, 7) is 1.53. The molecule has 20 heavy (non-hydrogen) atoms. The summed E-state index contributed by atoms with van der Waals surface area (Å²) in [7, 11) is 0. The van der Waals surface area contributed by atoms with E-state index in [1.54, 1.807) is 12.1 Å². The van der Waals surface area contributed by atoms with Crippen LogP contribution in [0, 0.1) is 0 Å². The van der Waals surface area contributed by atoms with Crippen LogP contribution < -0.4 is 0 Å². The lowest BCUT2D eigenvalue weighted by Gasteiger charge is -2.34. The molecule has 0 aliphatic carbocycles. The van der Waals surface area contributed by atoms with E-state index in [0.717, 1.165) is 11.6 Å². The average Bonchev–Trinajstić information content (AvgIpc) is 2.32. The van der Waals surface area contributed by atoms with E-state index < -0.39 is 11.7 Å². The normalized spacial score (nSPS) is 16.1. The zero-order valence-corrected chi connectivity index (χ0v) is 12.3. The highest BCUT2D eigenvalue weighted by Gasteiger charge is 2.33. The van der Waals surface area contributed by atoms with Gasteiger partial charge in [0.1, 0.15) is 0 Å². The van der Waals surface area contributed by atoms with Gasteiger partial charge in [0, 0.05) is 24.1 Å². The van der Waals surface area contributed by atoms with E-state index in [0.29, 0.717) is 30.5 Å². The summed E-state index contributed by atoms with van der Waals surface area (Å²) in [6, 6.07) is 4.15. The third-order valence-electron chi connectivity index (χ3n) is 3.14. The Hall–Kier alpha value is -0.880. The van der Waals surface area contributed by atoms with Gasteiger partial charge in [-0.15, -0.1) is 0 Å². The molecular formula is C14H14BrF4N. The number of rotatable bonds is 4. The first-order valence-electron chi connectivity index (χ1n) is 6.24. The number of likely N-dealkylation sites (tertiary alicyclic amines) is 1. The molecule has 1 fully saturated rings. The Labute approximate surface area is 123 Å². The van der Waals surface area contributed by atoms with Crippen molar-refractivity contribution in [1.82, 2.24) is 4.90 Å². The van der Waals surface area contributed by atoms with Crippen LogP contribution in [-0.4, -0.2) is 31.2 Å². The van der Waals surface area contributed by atoms with Crippen LogP contribution in [-0.2, 0) is 6.18 Å². The van der Waals surface area contributed by atoms with Gasteiger partial charge in [-0.2, -0.15) is 13.2 Å². The van der Waals surface area contributed by atoms with Crippen LogP contribution in [0.5, 0.6) is 0 Å². The van der Waals surface area contributed by atoms with Crippen molar-refractivity contribution >= 4 is 22.0 Å². The lowest BCUT2D eigenvalue weighted by molar-refractivity contribution is -0.137. The van der Waals surface area contributed by atoms with Crippen molar-refractivity contribution in [2.45, 2.75) is 12.6 Å². The highest BCUT2D eigenvalue weighted by Crippen LogP contribution is 2.35. The van der Waals surface area contributed by atoms with Crippen molar-refractivity contribution in [1.29, 1.82) is 0 Å². The van der Waals surface area contributed by atoms with Crippen molar-refractivity contribution in [3.8, 4) is 0 Å². The molecule has 0 bridgehead atoms. The first-order valence-corrected chi connectivity index (χ1v) is 7.04. The fraction of sp³-hybridized carbons (Fsp3) is 0.429. The van der Waals surface area contributed by atoms with Crippen LogP contribution in [0.1, 0.15) is 17.5 Å². The highest BCUT2D eigenvalue weighted by molar-refractivity contribution is 9.10. The van der Waals surface area contributed by atoms with Crippen LogP contribution in [0.15, 0.2) is 28.2 Å². The topological polar surface area (TPSA) is 3.24 Å². The fourth-order valence-corrected chi connectivity index (χ4v) is 2.54. The molecule has 1 nitrogen and oxygen atoms in total. The molecule has 1 aliphatic rings. The van der Waals surface area contributed by atoms with Crippen LogP contribution in [0.3, 0.4) is 0 Å². The Bertz CT molecular complexity index is 502. The number of hydrogen-bond donors (Lipinski definition) is 0. The van der Waals surface area contributed by atoms with E-state index in [2.05, 4.69) is 15.9 Å². The molecule has 0 aromatic heterocycles. The summed E-state index contributed by atoms with van der Waals surface area (Å²) in [6.07, 6.45) is -2.31. The molecule has 0 spiro atoms. The second kappa shape index (κ2) is 6.26. The first kappa shape index (κ1) is 15.5. The van der Waals surface area contributed by atoms with E-state index in [1.165, 1.54) is 6.07 Å². The predicted octanol–water partition coefficient (Wildman–Crippen LogP) is 4.53. The molecular weight excluding hydrogens is 338 g/mol. The summed E-state index contributed by atoms with van der Waals surface area (Å²) >= 11 is 3.06. The van der Waals surface area contributed by atoms with Crippen LogP contribution in [0.2, 0.25) is 0 Å². The standard InChI is InChI=1S/C14H14BrF4N/c15-12-3-2-11(13(7-12)14(17,18)19)6-10-8-20(9-10)5-1-4-16/h2-3,6-7H,1,4-5,8-9H2. The zero-order valence-electron chi connectivity index (χ0n) is 10.7. The maximum absolute atomic E-state index is 12.9. The highest BCUT2D eigenvalue weighted by atomic mass is 79.9. The first-order chi connectivity index (χ1) is 9.40. The number of alkyl halides is 4. The molecule has 2 rings (SSSR count). The fourth-order valence-electron chi connectivity index (χ4n) is 2.18. The largest absolute Gasteiger partial charge is 0.417 e. The number of benzene rings is 1. The van der Waals surface area contributed by atoms with Gasteiger partial charge in [0.25, 0.3) is 0 Å². The molecule has 1 aliphatic heterocycles. The number of halogens is 5. The minimum absolute atomic E-state index is 0.181. The van der Waals surface area contributed by atoms with Gasteiger partial charge in [-0.25, -0.2) is 0 Å². The van der Waals surface area contributed by atoms with Crippen molar-refractivity contribution < 1.29 is 17.6 Å². The summed E-state index contributed by atoms with van der Waals surface area (Å²) < 4.78 is 51.2. The predicted molar refractivity (Wildman–Crippen MR) is 74.2 cm³/mol. The average molecular weight is 352 g/mol. The van der Waals surface area contributed by atoms with Gasteiger partial charge in [0.2, 0.25) is 0 Å². The van der Waals surface area contributed by atoms with Crippen LogP contribution in [0.4, 0.5) is 17.6 Å². The SMILES string of the molecule is FCCCN1CC(=Cc2ccc(Br)cc2C(F)(F)F)C1. The third-order valence-corrected chi connectivity index (χ3v) is 3.63. The van der Waals surface area contributed by atoms with Crippen molar-refractivity contribution in [3.05, 3.63) is 39.4 Å². The Morgan fingerprint density at radius 1 is 1.25 bits per heavy atom. The lowest BCUT2D eigenvalue weighted by atomic mass is 10.00. The molecule has 1 aromatic carbocycles. The Balaban J connectivity index is 2.11. The van der Waals surface area contributed by atoms with Crippen LogP contribution >= 0.6 is 15.9 Å². The second-order valence-corrected chi connectivity index (χ2v) is 5.70. The van der Waals surface area contributed by atoms with E-state index in [1.807, 2.05) is 4.90 Å². The summed E-state index contributed by atoms with van der Waals surface area (Å²) in [5, 5.41) is 0. The molecule has 0 saturated carbocycles. The van der Waals surface area contributed by atoms with Gasteiger partial charge in [0.05, 0.1) is 12.2 Å². The molecule has 110 valence electrons. The molecule has 0 N–H and O–H groups in total. The third kappa shape index (κ3) is 3.82. The molecule has 1 aromatic rings. The number of nitrogens with zero attached hydrogens (tertiary/aromatic N) is 1. The van der Waals surface area contributed by atoms with Gasteiger partial charge in [-0.05, 0) is 29.7 Å². The van der Waals surface area contributed by atoms with Gasteiger partial charge in [0.15, 0.2) is 0 Å². The van der Waals surface area contributed by atoms with Gasteiger partial charge < -0.3 is 0 Å². The van der Waals surface area contributed by atoms with Gasteiger partial charge in [-0.1, -0.05) is 28.1 Å². The van der Waals surface area contributed by atoms with Crippen molar-refractivity contribution in [2.24, 2.45) is 0 Å². The van der Waals surface area contributed by atoms with E-state index in [-0.39, 0.29) is 12.2 Å². The molecule has 0 amide bonds. The maximum atomic E-state index is 12.9. The monoisotopic (exact) mass is 351 g/mol. The lowest BCUT2D eigenvalue weighted by Crippen LogP contribution is -2.40. The summed E-state index contributed by atoms with van der Waals surface area (Å²) in [4.78, 5) is 2.01. The van der Waals surface area contributed by atoms with E-state index in [4.69, 9.17) is 0 Å². The van der Waals surface area contributed by atoms with Crippen molar-refractivity contribution in [2.75, 3.05) is 26.3 Å². The zero-order chi connectivity index (χ0) is 14.8. The smallest absolute Gasteiger partial charge is 0.295 e. The van der Waals surface area contributed by atoms with Gasteiger partial charge in [-0.3, -0.25) is 9.29 Å². The van der Waals surface area contributed by atoms with Crippen molar-refractivity contribution in [3.63, 3.8) is 0 Å². The molecule has 6 heteroatoms. The summed E-state index contributed by atoms with van der Waals surface area (Å²) in [5.41, 5.74) is 0.485. The molecule has 1 saturated heterocycles. The quantitative estimate of drug-likeness (QED) is 0.720. The minimum Gasteiger partial charge on any atom is -0.295 e. The van der Waals surface area contributed by atoms with E-state index >= 15 is 0 Å². The minimum atomic E-state index is -4.37. The molecule has 1 heterocycles. The maximum Gasteiger partial charge on any atom is 0.417 e. The Kier molecular flexibility index (Phi) is 4.86. The Morgan fingerprint density at radius 3 is 2.55 bits per heavy atom. The van der Waals surface area contributed by atoms with E-state index in [9.17, 15) is 17.6 Å². The van der Waals surface area contributed by atoms with Crippen LogP contribution in [0.25, 0.3) is 6.08 Å². The molecule has 0 unspecified atom stereocenters. The number of hydrogen-bond acceptors (Lipinski definition) is 1.